The summed E-state index contributed by atoms with van der Waals surface area (Å²) in [6.07, 6.45) is 1.45. The Morgan fingerprint density at radius 2 is 1.76 bits per heavy atom. The van der Waals surface area contributed by atoms with Crippen molar-refractivity contribution in [2.75, 3.05) is 30.8 Å². The Hall–Kier alpha value is 0.220. The number of carbonyl (C=O) groups is 1. The van der Waals surface area contributed by atoms with Crippen molar-refractivity contribution in [3.8, 4) is 0 Å². The Labute approximate surface area is 146 Å². The lowest BCUT2D eigenvalue weighted by Gasteiger charge is -2.27. The molecule has 0 spiro atoms. The van der Waals surface area contributed by atoms with Gasteiger partial charge in [-0.3, -0.25) is 9.14 Å². The van der Waals surface area contributed by atoms with E-state index in [0.29, 0.717) is 17.5 Å². The number of hydrogen-bond donors (Lipinski definition) is 0. The highest BCUT2D eigenvalue weighted by molar-refractivity contribution is 7.99. The summed E-state index contributed by atoms with van der Waals surface area (Å²) in [7, 11) is 1.62. The van der Waals surface area contributed by atoms with Crippen molar-refractivity contribution < 1.29 is 9.63 Å². The molecule has 124 valence electrons. The summed E-state index contributed by atoms with van der Waals surface area (Å²) in [4.78, 5) is 17.0. The van der Waals surface area contributed by atoms with Crippen LogP contribution in [0.25, 0.3) is 0 Å². The molecule has 0 aromatic rings. The monoisotopic (exact) mass is 374 g/mol. The normalized spacial score (nSPS) is 13.2. The molecule has 0 atom stereocenters. The van der Waals surface area contributed by atoms with Crippen molar-refractivity contribution in [1.82, 2.24) is 4.31 Å². The number of oxime groups is 1. The lowest BCUT2D eigenvalue weighted by atomic mass is 9.91. The third-order valence-corrected chi connectivity index (χ3v) is 5.77. The predicted molar refractivity (Wildman–Crippen MR) is 97.0 cm³/mol. The maximum absolute atomic E-state index is 12.0. The maximum Gasteiger partial charge on any atom is 0.445 e. The van der Waals surface area contributed by atoms with Gasteiger partial charge in [-0.1, -0.05) is 25.9 Å². The van der Waals surface area contributed by atoms with Crippen molar-refractivity contribution in [3.63, 3.8) is 0 Å². The van der Waals surface area contributed by atoms with Gasteiger partial charge in [-0.05, 0) is 25.1 Å². The molecule has 4 nitrogen and oxygen atoms in total. The lowest BCUT2D eigenvalue weighted by Crippen LogP contribution is -2.33. The average Bonchev–Trinajstić information content (AvgIpc) is 2.41. The summed E-state index contributed by atoms with van der Waals surface area (Å²) in [6.45, 7) is 7.99. The number of alkyl halides is 2. The molecule has 0 aromatic heterocycles. The zero-order valence-corrected chi connectivity index (χ0v) is 16.5. The Balaban J connectivity index is 4.73. The van der Waals surface area contributed by atoms with E-state index in [1.54, 1.807) is 18.8 Å². The molecule has 0 saturated heterocycles. The van der Waals surface area contributed by atoms with Crippen LogP contribution in [0.4, 0.5) is 4.79 Å². The van der Waals surface area contributed by atoms with E-state index in [1.807, 2.05) is 34.0 Å². The van der Waals surface area contributed by atoms with Crippen LogP contribution in [0.5, 0.6) is 0 Å². The molecule has 1 amide bonds. The number of carbonyl (C=O) groups excluding carboxylic acids is 1. The highest BCUT2D eigenvalue weighted by Crippen LogP contribution is 2.30. The summed E-state index contributed by atoms with van der Waals surface area (Å²) in [6, 6.07) is 0. The first-order valence-electron chi connectivity index (χ1n) is 6.41. The largest absolute Gasteiger partial charge is 0.445 e. The van der Waals surface area contributed by atoms with Crippen molar-refractivity contribution >= 4 is 58.7 Å². The molecule has 8 heteroatoms. The van der Waals surface area contributed by atoms with Crippen LogP contribution in [-0.2, 0) is 4.84 Å². The summed E-state index contributed by atoms with van der Waals surface area (Å²) in [5.41, 5.74) is 0.690. The maximum atomic E-state index is 12.0. The lowest BCUT2D eigenvalue weighted by molar-refractivity contribution is 0.135. The van der Waals surface area contributed by atoms with E-state index in [2.05, 4.69) is 5.16 Å². The summed E-state index contributed by atoms with van der Waals surface area (Å²) < 4.78 is 0.945. The van der Waals surface area contributed by atoms with Gasteiger partial charge in [0.1, 0.15) is 0 Å². The van der Waals surface area contributed by atoms with Gasteiger partial charge in [0.25, 0.3) is 0 Å². The molecule has 21 heavy (non-hydrogen) atoms. The second-order valence-corrected chi connectivity index (χ2v) is 9.00. The van der Waals surface area contributed by atoms with Gasteiger partial charge < -0.3 is 0 Å². The van der Waals surface area contributed by atoms with Crippen LogP contribution < -0.4 is 0 Å². The van der Waals surface area contributed by atoms with E-state index >= 15 is 0 Å². The fraction of sp³-hybridized carbons (Fsp3) is 0.846. The third-order valence-electron chi connectivity index (χ3n) is 2.56. The number of amides is 1. The van der Waals surface area contributed by atoms with Crippen LogP contribution >= 0.6 is 46.9 Å². The van der Waals surface area contributed by atoms with E-state index in [9.17, 15) is 4.79 Å². The van der Waals surface area contributed by atoms with Gasteiger partial charge in [-0.2, -0.15) is 11.8 Å². The molecule has 0 unspecified atom stereocenters. The molecule has 0 fully saturated rings. The molecule has 0 saturated carbocycles. The fourth-order valence-electron chi connectivity index (χ4n) is 1.12. The molecule has 0 N–H and O–H groups in total. The minimum atomic E-state index is -0.538. The van der Waals surface area contributed by atoms with E-state index in [4.69, 9.17) is 28.0 Å². The fourth-order valence-corrected chi connectivity index (χ4v) is 3.32. The Morgan fingerprint density at radius 3 is 2.14 bits per heavy atom. The number of rotatable bonds is 7. The molecule has 0 aromatic carbocycles. The average molecular weight is 375 g/mol. The second kappa shape index (κ2) is 9.38. The molecule has 0 aliphatic rings. The molecular weight excluding hydrogens is 351 g/mol. The molecule has 0 aliphatic carbocycles. The van der Waals surface area contributed by atoms with Crippen molar-refractivity contribution in [3.05, 3.63) is 0 Å². The third kappa shape index (κ3) is 7.86. The van der Waals surface area contributed by atoms with Gasteiger partial charge in [0.05, 0.1) is 10.5 Å². The highest BCUT2D eigenvalue weighted by Gasteiger charge is 2.28. The number of hydrogen-bond acceptors (Lipinski definition) is 5. The van der Waals surface area contributed by atoms with Crippen molar-refractivity contribution in [2.45, 2.75) is 32.4 Å². The quantitative estimate of drug-likeness (QED) is 0.213. The number of thioether (sulfide) groups is 1. The molecule has 0 bridgehead atoms. The van der Waals surface area contributed by atoms with Crippen LogP contribution in [-0.4, -0.2) is 51.7 Å². The summed E-state index contributed by atoms with van der Waals surface area (Å²) in [5, 5.41) is 4.01. The van der Waals surface area contributed by atoms with Crippen LogP contribution in [0.15, 0.2) is 5.16 Å². The van der Waals surface area contributed by atoms with E-state index in [-0.39, 0.29) is 5.41 Å². The van der Waals surface area contributed by atoms with Gasteiger partial charge in [0.15, 0.2) is 0 Å². The number of nitrogens with zero attached hydrogens (tertiary/aromatic N) is 2. The smallest absolute Gasteiger partial charge is 0.297 e. The Kier molecular flexibility index (Phi) is 9.48. The first kappa shape index (κ1) is 21.2. The molecular formula is C13H24Cl2N2O2S2. The zero-order chi connectivity index (χ0) is 16.7. The first-order chi connectivity index (χ1) is 9.59. The number of halogens is 2. The predicted octanol–water partition coefficient (Wildman–Crippen LogP) is 4.70. The molecule has 0 radical (unpaired) electrons. The van der Waals surface area contributed by atoms with Crippen LogP contribution in [0.3, 0.4) is 0 Å². The van der Waals surface area contributed by atoms with Gasteiger partial charge in [-0.15, -0.1) is 23.2 Å². The van der Waals surface area contributed by atoms with E-state index in [0.717, 1.165) is 5.71 Å². The minimum Gasteiger partial charge on any atom is -0.297 e. The van der Waals surface area contributed by atoms with Gasteiger partial charge in [-0.25, -0.2) is 4.79 Å². The minimum absolute atomic E-state index is 0.143. The molecule has 0 heterocycles. The zero-order valence-electron chi connectivity index (χ0n) is 13.4. The Bertz CT molecular complexity index is 370. The molecule has 0 aliphatic heterocycles. The van der Waals surface area contributed by atoms with Crippen molar-refractivity contribution in [1.29, 1.82) is 0 Å². The standard InChI is InChI=1S/C13H24Cl2N2O2S2/c1-12(2,3)10(7-20-6)16-19-11(18)17(5)21-13(4,8-14)9-15/h7-9H2,1-6H3. The van der Waals surface area contributed by atoms with Gasteiger partial charge in [0.2, 0.25) is 0 Å². The van der Waals surface area contributed by atoms with E-state index < -0.39 is 10.8 Å². The Morgan fingerprint density at radius 1 is 1.24 bits per heavy atom. The van der Waals surface area contributed by atoms with Gasteiger partial charge in [0, 0.05) is 30.0 Å². The van der Waals surface area contributed by atoms with E-state index in [1.165, 1.54) is 16.3 Å². The topological polar surface area (TPSA) is 41.9 Å². The van der Waals surface area contributed by atoms with Crippen molar-refractivity contribution in [2.24, 2.45) is 10.6 Å². The second-order valence-electron chi connectivity index (χ2n) is 5.88. The summed E-state index contributed by atoms with van der Waals surface area (Å²) >= 11 is 14.6. The molecule has 0 rings (SSSR count). The summed E-state index contributed by atoms with van der Waals surface area (Å²) in [5.74, 6) is 1.39. The van der Waals surface area contributed by atoms with Crippen LogP contribution in [0.1, 0.15) is 27.7 Å². The highest BCUT2D eigenvalue weighted by atomic mass is 35.5. The SMILES string of the molecule is CSCC(=NOC(=O)N(C)SC(C)(CCl)CCl)C(C)(C)C. The van der Waals surface area contributed by atoms with Crippen LogP contribution in [0, 0.1) is 5.41 Å². The van der Waals surface area contributed by atoms with Crippen LogP contribution in [0.2, 0.25) is 0 Å². The van der Waals surface area contributed by atoms with Gasteiger partial charge >= 0.3 is 6.09 Å². The first-order valence-corrected chi connectivity index (χ1v) is 9.65.